The number of phenolic OH excluding ortho intramolecular Hbond substituents is 1. The standard InChI is InChI=1S/C15H14Br2N2O2/c16-11-5-9(6-12(17)15(11)21)8-19-13-4-2-1-3-10(13)7-14(18)20/h1-6,19,21H,7-8H2,(H2,18,20). The Balaban J connectivity index is 2.15. The summed E-state index contributed by atoms with van der Waals surface area (Å²) in [4.78, 5) is 11.1. The Morgan fingerprint density at radius 3 is 2.43 bits per heavy atom. The van der Waals surface area contributed by atoms with Crippen molar-refractivity contribution in [2.75, 3.05) is 5.32 Å². The maximum absolute atomic E-state index is 11.1. The van der Waals surface area contributed by atoms with E-state index in [0.717, 1.165) is 16.8 Å². The number of hydrogen-bond acceptors (Lipinski definition) is 3. The fourth-order valence-electron chi connectivity index (χ4n) is 1.95. The summed E-state index contributed by atoms with van der Waals surface area (Å²) in [7, 11) is 0. The number of nitrogens with two attached hydrogens (primary N) is 1. The monoisotopic (exact) mass is 412 g/mol. The summed E-state index contributed by atoms with van der Waals surface area (Å²) in [5.41, 5.74) is 7.97. The molecule has 0 radical (unpaired) electrons. The number of benzene rings is 2. The van der Waals surface area contributed by atoms with Gasteiger partial charge in [-0.05, 0) is 61.2 Å². The van der Waals surface area contributed by atoms with Gasteiger partial charge < -0.3 is 16.2 Å². The van der Waals surface area contributed by atoms with Crippen LogP contribution in [0.25, 0.3) is 0 Å². The van der Waals surface area contributed by atoms with Gasteiger partial charge in [0.2, 0.25) is 5.91 Å². The van der Waals surface area contributed by atoms with Crippen molar-refractivity contribution >= 4 is 43.5 Å². The van der Waals surface area contributed by atoms with Crippen LogP contribution < -0.4 is 11.1 Å². The van der Waals surface area contributed by atoms with Crippen molar-refractivity contribution in [3.05, 3.63) is 56.5 Å². The Morgan fingerprint density at radius 1 is 1.19 bits per heavy atom. The largest absolute Gasteiger partial charge is 0.506 e. The van der Waals surface area contributed by atoms with Crippen molar-refractivity contribution in [2.45, 2.75) is 13.0 Å². The van der Waals surface area contributed by atoms with Gasteiger partial charge in [-0.1, -0.05) is 18.2 Å². The molecule has 110 valence electrons. The molecule has 0 heterocycles. The Morgan fingerprint density at radius 2 is 1.81 bits per heavy atom. The Kier molecular flexibility index (Phi) is 5.25. The first-order chi connectivity index (χ1) is 9.97. The number of phenols is 1. The van der Waals surface area contributed by atoms with Crippen molar-refractivity contribution in [1.29, 1.82) is 0 Å². The third-order valence-corrected chi connectivity index (χ3v) is 4.15. The second kappa shape index (κ2) is 6.95. The molecule has 4 nitrogen and oxygen atoms in total. The highest BCUT2D eigenvalue weighted by Gasteiger charge is 2.08. The number of primary amides is 1. The summed E-state index contributed by atoms with van der Waals surface area (Å²) in [6.45, 7) is 0.563. The van der Waals surface area contributed by atoms with Crippen LogP contribution in [-0.4, -0.2) is 11.0 Å². The molecule has 2 rings (SSSR count). The third-order valence-electron chi connectivity index (χ3n) is 2.94. The van der Waals surface area contributed by atoms with Gasteiger partial charge in [0.15, 0.2) is 0 Å². The van der Waals surface area contributed by atoms with Crippen molar-refractivity contribution < 1.29 is 9.90 Å². The number of aromatic hydroxyl groups is 1. The van der Waals surface area contributed by atoms with E-state index in [1.165, 1.54) is 0 Å². The minimum Gasteiger partial charge on any atom is -0.506 e. The molecule has 0 spiro atoms. The van der Waals surface area contributed by atoms with E-state index >= 15 is 0 Å². The minimum atomic E-state index is -0.362. The number of carbonyl (C=O) groups excluding carboxylic acids is 1. The molecule has 4 N–H and O–H groups in total. The molecule has 0 bridgehead atoms. The van der Waals surface area contributed by atoms with E-state index in [9.17, 15) is 9.90 Å². The van der Waals surface area contributed by atoms with Gasteiger partial charge in [0.25, 0.3) is 0 Å². The zero-order chi connectivity index (χ0) is 15.4. The molecule has 0 aromatic heterocycles. The van der Waals surface area contributed by atoms with Crippen LogP contribution in [0.1, 0.15) is 11.1 Å². The van der Waals surface area contributed by atoms with Gasteiger partial charge in [-0.15, -0.1) is 0 Å². The molecule has 0 saturated carbocycles. The molecule has 0 fully saturated rings. The predicted molar refractivity (Wildman–Crippen MR) is 90.2 cm³/mol. The average Bonchev–Trinajstić information content (AvgIpc) is 2.43. The van der Waals surface area contributed by atoms with E-state index in [1.807, 2.05) is 36.4 Å². The fraction of sp³-hybridized carbons (Fsp3) is 0.133. The number of halogens is 2. The topological polar surface area (TPSA) is 75.4 Å². The number of para-hydroxylation sites is 1. The number of anilines is 1. The molecule has 0 aliphatic rings. The molecule has 21 heavy (non-hydrogen) atoms. The molecule has 0 atom stereocenters. The zero-order valence-electron chi connectivity index (χ0n) is 11.1. The minimum absolute atomic E-state index is 0.174. The van der Waals surface area contributed by atoms with Gasteiger partial charge >= 0.3 is 0 Å². The quantitative estimate of drug-likeness (QED) is 0.701. The van der Waals surface area contributed by atoms with E-state index in [2.05, 4.69) is 37.2 Å². The molecule has 0 aliphatic heterocycles. The second-order valence-corrected chi connectivity index (χ2v) is 6.27. The summed E-state index contributed by atoms with van der Waals surface area (Å²) >= 11 is 6.60. The smallest absolute Gasteiger partial charge is 0.221 e. The average molecular weight is 414 g/mol. The number of nitrogens with one attached hydrogen (secondary N) is 1. The van der Waals surface area contributed by atoms with E-state index < -0.39 is 0 Å². The number of carbonyl (C=O) groups is 1. The molecule has 1 amide bonds. The lowest BCUT2D eigenvalue weighted by molar-refractivity contribution is -0.117. The van der Waals surface area contributed by atoms with Crippen molar-refractivity contribution in [2.24, 2.45) is 5.73 Å². The lowest BCUT2D eigenvalue weighted by Crippen LogP contribution is -2.15. The molecule has 0 saturated heterocycles. The lowest BCUT2D eigenvalue weighted by atomic mass is 10.1. The first kappa shape index (κ1) is 15.9. The summed E-state index contributed by atoms with van der Waals surface area (Å²) in [5.74, 6) is -0.188. The maximum atomic E-state index is 11.1. The van der Waals surface area contributed by atoms with E-state index in [0.29, 0.717) is 15.5 Å². The van der Waals surface area contributed by atoms with E-state index in [4.69, 9.17) is 5.73 Å². The molecule has 6 heteroatoms. The number of amides is 1. The zero-order valence-corrected chi connectivity index (χ0v) is 14.2. The predicted octanol–water partition coefficient (Wildman–Crippen LogP) is 3.56. The first-order valence-electron chi connectivity index (χ1n) is 6.24. The van der Waals surface area contributed by atoms with Crippen molar-refractivity contribution in [1.82, 2.24) is 0 Å². The maximum Gasteiger partial charge on any atom is 0.221 e. The number of hydrogen-bond donors (Lipinski definition) is 3. The second-order valence-electron chi connectivity index (χ2n) is 4.56. The lowest BCUT2D eigenvalue weighted by Gasteiger charge is -2.12. The summed E-state index contributed by atoms with van der Waals surface area (Å²) in [6, 6.07) is 11.2. The highest BCUT2D eigenvalue weighted by Crippen LogP contribution is 2.33. The fourth-order valence-corrected chi connectivity index (χ4v) is 3.23. The Labute approximate surface area is 139 Å². The SMILES string of the molecule is NC(=O)Cc1ccccc1NCc1cc(Br)c(O)c(Br)c1. The van der Waals surface area contributed by atoms with Crippen LogP contribution in [0.4, 0.5) is 5.69 Å². The Bertz CT molecular complexity index is 651. The Hall–Kier alpha value is -1.53. The first-order valence-corrected chi connectivity index (χ1v) is 7.83. The molecule has 0 unspecified atom stereocenters. The molecular formula is C15H14Br2N2O2. The van der Waals surface area contributed by atoms with Crippen LogP contribution in [0.2, 0.25) is 0 Å². The molecule has 2 aromatic rings. The van der Waals surface area contributed by atoms with Crippen LogP contribution in [0.15, 0.2) is 45.3 Å². The van der Waals surface area contributed by atoms with Gasteiger partial charge in [-0.2, -0.15) is 0 Å². The summed E-state index contributed by atoms with van der Waals surface area (Å²) in [5, 5.41) is 13.0. The number of rotatable bonds is 5. The van der Waals surface area contributed by atoms with E-state index in [-0.39, 0.29) is 18.1 Å². The highest BCUT2D eigenvalue weighted by molar-refractivity contribution is 9.11. The van der Waals surface area contributed by atoms with E-state index in [1.54, 1.807) is 0 Å². The normalized spacial score (nSPS) is 10.4. The van der Waals surface area contributed by atoms with Crippen molar-refractivity contribution in [3.8, 4) is 5.75 Å². The van der Waals surface area contributed by atoms with Gasteiger partial charge in [0.1, 0.15) is 5.75 Å². The molecular weight excluding hydrogens is 400 g/mol. The highest BCUT2D eigenvalue weighted by atomic mass is 79.9. The van der Waals surface area contributed by atoms with Crippen LogP contribution in [0.3, 0.4) is 0 Å². The molecule has 2 aromatic carbocycles. The van der Waals surface area contributed by atoms with Gasteiger partial charge in [0.05, 0.1) is 15.4 Å². The van der Waals surface area contributed by atoms with Crippen molar-refractivity contribution in [3.63, 3.8) is 0 Å². The molecule has 0 aliphatic carbocycles. The summed E-state index contributed by atoms with van der Waals surface area (Å²) < 4.78 is 1.25. The van der Waals surface area contributed by atoms with Crippen LogP contribution in [-0.2, 0) is 17.8 Å². The summed E-state index contributed by atoms with van der Waals surface area (Å²) in [6.07, 6.45) is 0.201. The van der Waals surface area contributed by atoms with Gasteiger partial charge in [0, 0.05) is 12.2 Å². The third kappa shape index (κ3) is 4.22. The van der Waals surface area contributed by atoms with Crippen LogP contribution >= 0.6 is 31.9 Å². The van der Waals surface area contributed by atoms with Crippen LogP contribution in [0, 0.1) is 0 Å². The van der Waals surface area contributed by atoms with Crippen LogP contribution in [0.5, 0.6) is 5.75 Å². The van der Waals surface area contributed by atoms with Gasteiger partial charge in [-0.25, -0.2) is 0 Å². The van der Waals surface area contributed by atoms with Gasteiger partial charge in [-0.3, -0.25) is 4.79 Å².